The largest absolute Gasteiger partial charge is 0.497 e. The first kappa shape index (κ1) is 13.9. The van der Waals surface area contributed by atoms with Crippen LogP contribution in [0.15, 0.2) is 46.9 Å². The highest BCUT2D eigenvalue weighted by Crippen LogP contribution is 2.27. The van der Waals surface area contributed by atoms with Crippen LogP contribution in [-0.4, -0.2) is 7.11 Å². The first-order chi connectivity index (χ1) is 9.08. The zero-order valence-corrected chi connectivity index (χ0v) is 12.4. The summed E-state index contributed by atoms with van der Waals surface area (Å²) in [6.45, 7) is 2.03. The Hall–Kier alpha value is -1.55. The molecule has 2 aromatic rings. The van der Waals surface area contributed by atoms with Crippen LogP contribution in [-0.2, 0) is 0 Å². The van der Waals surface area contributed by atoms with Crippen LogP contribution in [0.25, 0.3) is 0 Å². The zero-order valence-electron chi connectivity index (χ0n) is 10.8. The topological polar surface area (TPSA) is 21.3 Å². The molecule has 2 nitrogen and oxygen atoms in total. The summed E-state index contributed by atoms with van der Waals surface area (Å²) < 4.78 is 19.0. The molecular weight excluding hydrogens is 309 g/mol. The number of halogens is 2. The van der Waals surface area contributed by atoms with Crippen LogP contribution in [0.5, 0.6) is 5.75 Å². The Balaban J connectivity index is 2.16. The molecule has 0 saturated carbocycles. The van der Waals surface area contributed by atoms with Gasteiger partial charge >= 0.3 is 0 Å². The van der Waals surface area contributed by atoms with Gasteiger partial charge in [0, 0.05) is 22.3 Å². The number of nitrogens with one attached hydrogen (secondary N) is 1. The lowest BCUT2D eigenvalue weighted by Gasteiger charge is -2.16. The van der Waals surface area contributed by atoms with E-state index in [4.69, 9.17) is 4.74 Å². The van der Waals surface area contributed by atoms with Crippen LogP contribution < -0.4 is 10.1 Å². The Morgan fingerprint density at radius 1 is 1.16 bits per heavy atom. The van der Waals surface area contributed by atoms with Crippen molar-refractivity contribution in [3.63, 3.8) is 0 Å². The average Bonchev–Trinajstić information content (AvgIpc) is 2.38. The fraction of sp³-hybridized carbons (Fsp3) is 0.200. The molecule has 0 amide bonds. The predicted molar refractivity (Wildman–Crippen MR) is 79.1 cm³/mol. The standard InChI is InChI=1S/C15H15BrFNO/c1-10(11-3-5-13(17)6-4-11)18-14-7-12(16)8-15(9-14)19-2/h3-10,18H,1-2H3. The van der Waals surface area contributed by atoms with E-state index in [1.807, 2.05) is 25.1 Å². The number of hydrogen-bond acceptors (Lipinski definition) is 2. The summed E-state index contributed by atoms with van der Waals surface area (Å²) in [5.41, 5.74) is 1.98. The molecule has 0 fully saturated rings. The molecule has 1 N–H and O–H groups in total. The average molecular weight is 324 g/mol. The first-order valence-corrected chi connectivity index (χ1v) is 6.74. The minimum absolute atomic E-state index is 0.0830. The smallest absolute Gasteiger partial charge is 0.123 e. The van der Waals surface area contributed by atoms with Gasteiger partial charge in [-0.2, -0.15) is 0 Å². The zero-order chi connectivity index (χ0) is 13.8. The van der Waals surface area contributed by atoms with Crippen molar-refractivity contribution in [2.24, 2.45) is 0 Å². The van der Waals surface area contributed by atoms with Crippen LogP contribution >= 0.6 is 15.9 Å². The maximum absolute atomic E-state index is 12.9. The van der Waals surface area contributed by atoms with E-state index in [2.05, 4.69) is 21.2 Å². The maximum atomic E-state index is 12.9. The van der Waals surface area contributed by atoms with Gasteiger partial charge in [-0.05, 0) is 36.8 Å². The Morgan fingerprint density at radius 2 is 1.84 bits per heavy atom. The second-order valence-electron chi connectivity index (χ2n) is 4.30. The molecule has 0 aromatic heterocycles. The van der Waals surface area contributed by atoms with Gasteiger partial charge in [0.15, 0.2) is 0 Å². The summed E-state index contributed by atoms with van der Waals surface area (Å²) in [7, 11) is 1.63. The van der Waals surface area contributed by atoms with Gasteiger partial charge in [-0.15, -0.1) is 0 Å². The van der Waals surface area contributed by atoms with E-state index in [0.29, 0.717) is 0 Å². The van der Waals surface area contributed by atoms with E-state index in [0.717, 1.165) is 21.5 Å². The van der Waals surface area contributed by atoms with Gasteiger partial charge in [-0.3, -0.25) is 0 Å². The van der Waals surface area contributed by atoms with Gasteiger partial charge < -0.3 is 10.1 Å². The van der Waals surface area contributed by atoms with E-state index in [1.165, 1.54) is 12.1 Å². The molecular formula is C15H15BrFNO. The normalized spacial score (nSPS) is 12.0. The van der Waals surface area contributed by atoms with Crippen molar-refractivity contribution >= 4 is 21.6 Å². The van der Waals surface area contributed by atoms with E-state index in [1.54, 1.807) is 19.2 Å². The second-order valence-corrected chi connectivity index (χ2v) is 5.21. The molecule has 2 rings (SSSR count). The SMILES string of the molecule is COc1cc(Br)cc(NC(C)c2ccc(F)cc2)c1. The fourth-order valence-corrected chi connectivity index (χ4v) is 2.32. The van der Waals surface area contributed by atoms with Gasteiger partial charge in [0.1, 0.15) is 11.6 Å². The summed E-state index contributed by atoms with van der Waals surface area (Å²) >= 11 is 3.44. The van der Waals surface area contributed by atoms with Crippen molar-refractivity contribution in [3.8, 4) is 5.75 Å². The summed E-state index contributed by atoms with van der Waals surface area (Å²) in [5, 5.41) is 3.36. The van der Waals surface area contributed by atoms with Crippen molar-refractivity contribution in [1.82, 2.24) is 0 Å². The van der Waals surface area contributed by atoms with Crippen molar-refractivity contribution in [2.75, 3.05) is 12.4 Å². The molecule has 0 aliphatic heterocycles. The summed E-state index contributed by atoms with van der Waals surface area (Å²) in [4.78, 5) is 0. The van der Waals surface area contributed by atoms with E-state index in [9.17, 15) is 4.39 Å². The lowest BCUT2D eigenvalue weighted by molar-refractivity contribution is 0.414. The molecule has 0 aliphatic carbocycles. The molecule has 0 aliphatic rings. The summed E-state index contributed by atoms with van der Waals surface area (Å²) in [5.74, 6) is 0.559. The molecule has 0 heterocycles. The quantitative estimate of drug-likeness (QED) is 0.875. The number of ether oxygens (including phenoxy) is 1. The van der Waals surface area contributed by atoms with Gasteiger partial charge in [-0.1, -0.05) is 28.1 Å². The summed E-state index contributed by atoms with van der Waals surface area (Å²) in [6.07, 6.45) is 0. The van der Waals surface area contributed by atoms with Crippen LogP contribution in [0.1, 0.15) is 18.5 Å². The van der Waals surface area contributed by atoms with Crippen LogP contribution in [0.3, 0.4) is 0 Å². The Kier molecular flexibility index (Phi) is 4.43. The fourth-order valence-electron chi connectivity index (χ4n) is 1.85. The summed E-state index contributed by atoms with van der Waals surface area (Å²) in [6, 6.07) is 12.4. The minimum Gasteiger partial charge on any atom is -0.497 e. The van der Waals surface area contributed by atoms with Crippen LogP contribution in [0.2, 0.25) is 0 Å². The molecule has 0 spiro atoms. The first-order valence-electron chi connectivity index (χ1n) is 5.95. The van der Waals surface area contributed by atoms with E-state index < -0.39 is 0 Å². The third-order valence-electron chi connectivity index (χ3n) is 2.86. The molecule has 4 heteroatoms. The van der Waals surface area contributed by atoms with E-state index in [-0.39, 0.29) is 11.9 Å². The Labute approximate surface area is 120 Å². The number of hydrogen-bond donors (Lipinski definition) is 1. The Morgan fingerprint density at radius 3 is 2.47 bits per heavy atom. The molecule has 2 aromatic carbocycles. The number of benzene rings is 2. The van der Waals surface area contributed by atoms with Crippen molar-refractivity contribution in [1.29, 1.82) is 0 Å². The highest BCUT2D eigenvalue weighted by Gasteiger charge is 2.07. The molecule has 0 bridgehead atoms. The van der Waals surface area contributed by atoms with E-state index >= 15 is 0 Å². The van der Waals surface area contributed by atoms with Gasteiger partial charge in [0.2, 0.25) is 0 Å². The highest BCUT2D eigenvalue weighted by atomic mass is 79.9. The molecule has 100 valence electrons. The number of anilines is 1. The number of methoxy groups -OCH3 is 1. The monoisotopic (exact) mass is 323 g/mol. The minimum atomic E-state index is -0.222. The maximum Gasteiger partial charge on any atom is 0.123 e. The third kappa shape index (κ3) is 3.70. The molecule has 1 unspecified atom stereocenters. The lowest BCUT2D eigenvalue weighted by Crippen LogP contribution is -2.06. The molecule has 1 atom stereocenters. The van der Waals surface area contributed by atoms with Crippen molar-refractivity contribution < 1.29 is 9.13 Å². The predicted octanol–water partition coefficient (Wildman–Crippen LogP) is 4.77. The molecule has 19 heavy (non-hydrogen) atoms. The van der Waals surface area contributed by atoms with Gasteiger partial charge in [0.05, 0.1) is 7.11 Å². The number of rotatable bonds is 4. The van der Waals surface area contributed by atoms with Crippen LogP contribution in [0.4, 0.5) is 10.1 Å². The molecule has 0 radical (unpaired) electrons. The van der Waals surface area contributed by atoms with Crippen molar-refractivity contribution in [3.05, 3.63) is 58.3 Å². The van der Waals surface area contributed by atoms with Gasteiger partial charge in [-0.25, -0.2) is 4.39 Å². The lowest BCUT2D eigenvalue weighted by atomic mass is 10.1. The third-order valence-corrected chi connectivity index (χ3v) is 3.32. The van der Waals surface area contributed by atoms with Crippen molar-refractivity contribution in [2.45, 2.75) is 13.0 Å². The highest BCUT2D eigenvalue weighted by molar-refractivity contribution is 9.10. The second kappa shape index (κ2) is 6.06. The van der Waals surface area contributed by atoms with Gasteiger partial charge in [0.25, 0.3) is 0 Å². The van der Waals surface area contributed by atoms with Crippen LogP contribution in [0, 0.1) is 5.82 Å². The Bertz CT molecular complexity index is 557. The molecule has 0 saturated heterocycles.